The van der Waals surface area contributed by atoms with Crippen LogP contribution < -0.4 is 4.90 Å². The van der Waals surface area contributed by atoms with Gasteiger partial charge in [-0.15, -0.1) is 0 Å². The van der Waals surface area contributed by atoms with E-state index in [1.54, 1.807) is 24.3 Å². The Morgan fingerprint density at radius 2 is 1.73 bits per heavy atom. The lowest BCUT2D eigenvalue weighted by Crippen LogP contribution is -2.44. The lowest BCUT2D eigenvalue weighted by molar-refractivity contribution is -0.384. The van der Waals surface area contributed by atoms with Crippen molar-refractivity contribution in [3.63, 3.8) is 0 Å². The summed E-state index contributed by atoms with van der Waals surface area (Å²) in [7, 11) is 0. The standard InChI is InChI=1S/C23H21FN2O4/c1-23(2)12-19-22(20(27)13-23)16(14-7-9-15(24)10-8-14)11-21(28)25(19)17-5-3-4-6-18(17)26(29)30/h3-10,16H,11-13H2,1-2H3. The van der Waals surface area contributed by atoms with Crippen molar-refractivity contribution in [3.8, 4) is 0 Å². The molecule has 7 heteroatoms. The van der Waals surface area contributed by atoms with E-state index in [0.29, 0.717) is 29.7 Å². The first kappa shape index (κ1) is 19.9. The highest BCUT2D eigenvalue weighted by Crippen LogP contribution is 2.49. The number of hydrogen-bond donors (Lipinski definition) is 0. The average molecular weight is 408 g/mol. The molecule has 2 aromatic carbocycles. The number of para-hydroxylation sites is 2. The van der Waals surface area contributed by atoms with E-state index < -0.39 is 16.7 Å². The Hall–Kier alpha value is -3.35. The van der Waals surface area contributed by atoms with Crippen LogP contribution in [0.3, 0.4) is 0 Å². The minimum Gasteiger partial charge on any atom is -0.294 e. The van der Waals surface area contributed by atoms with Gasteiger partial charge in [-0.25, -0.2) is 4.39 Å². The topological polar surface area (TPSA) is 80.5 Å². The minimum absolute atomic E-state index is 0.0112. The van der Waals surface area contributed by atoms with Crippen molar-refractivity contribution in [2.24, 2.45) is 5.41 Å². The molecule has 2 aromatic rings. The van der Waals surface area contributed by atoms with Gasteiger partial charge in [0.2, 0.25) is 5.91 Å². The van der Waals surface area contributed by atoms with Crippen LogP contribution >= 0.6 is 0 Å². The van der Waals surface area contributed by atoms with Crippen LogP contribution in [0.5, 0.6) is 0 Å². The highest BCUT2D eigenvalue weighted by atomic mass is 19.1. The quantitative estimate of drug-likeness (QED) is 0.535. The van der Waals surface area contributed by atoms with Gasteiger partial charge in [-0.05, 0) is 35.6 Å². The first-order valence-electron chi connectivity index (χ1n) is 9.76. The van der Waals surface area contributed by atoms with Crippen LogP contribution in [-0.2, 0) is 9.59 Å². The summed E-state index contributed by atoms with van der Waals surface area (Å²) in [6.45, 7) is 3.89. The van der Waals surface area contributed by atoms with Crippen molar-refractivity contribution in [1.29, 1.82) is 0 Å². The number of ketones is 1. The van der Waals surface area contributed by atoms with Gasteiger partial charge in [0.25, 0.3) is 5.69 Å². The van der Waals surface area contributed by atoms with Gasteiger partial charge < -0.3 is 0 Å². The number of halogens is 1. The molecule has 1 aliphatic carbocycles. The number of benzene rings is 2. The van der Waals surface area contributed by atoms with Crippen LogP contribution in [0.1, 0.15) is 44.6 Å². The molecule has 0 fully saturated rings. The van der Waals surface area contributed by atoms with Crippen molar-refractivity contribution in [1.82, 2.24) is 0 Å². The maximum Gasteiger partial charge on any atom is 0.293 e. The summed E-state index contributed by atoms with van der Waals surface area (Å²) in [5.74, 6) is -1.28. The Bertz CT molecular complexity index is 1090. The van der Waals surface area contributed by atoms with Gasteiger partial charge in [0.05, 0.1) is 4.92 Å². The van der Waals surface area contributed by atoms with Gasteiger partial charge in [-0.3, -0.25) is 24.6 Å². The molecule has 30 heavy (non-hydrogen) atoms. The molecule has 0 spiro atoms. The highest BCUT2D eigenvalue weighted by Gasteiger charge is 2.45. The Labute approximate surface area is 173 Å². The molecule has 1 amide bonds. The number of nitrogens with zero attached hydrogens (tertiary/aromatic N) is 2. The van der Waals surface area contributed by atoms with Crippen molar-refractivity contribution in [2.45, 2.75) is 39.0 Å². The van der Waals surface area contributed by atoms with Gasteiger partial charge >= 0.3 is 0 Å². The van der Waals surface area contributed by atoms with Crippen molar-refractivity contribution in [2.75, 3.05) is 4.90 Å². The summed E-state index contributed by atoms with van der Waals surface area (Å²) in [4.78, 5) is 38.9. The molecule has 0 bridgehead atoms. The Kier molecular flexibility index (Phi) is 4.76. The number of nitro groups is 1. The number of nitro benzene ring substituents is 1. The second-order valence-electron chi connectivity index (χ2n) is 8.58. The molecule has 0 saturated heterocycles. The SMILES string of the molecule is CC1(C)CC(=O)C2=C(C1)N(c1ccccc1[N+](=O)[O-])C(=O)CC2c1ccc(F)cc1. The van der Waals surface area contributed by atoms with Crippen LogP contribution in [0.15, 0.2) is 59.8 Å². The van der Waals surface area contributed by atoms with Crippen molar-refractivity contribution < 1.29 is 18.9 Å². The van der Waals surface area contributed by atoms with E-state index in [1.165, 1.54) is 29.2 Å². The molecule has 1 unspecified atom stereocenters. The first-order chi connectivity index (χ1) is 14.2. The Morgan fingerprint density at radius 1 is 1.07 bits per heavy atom. The molecular weight excluding hydrogens is 387 g/mol. The summed E-state index contributed by atoms with van der Waals surface area (Å²) in [5, 5.41) is 11.6. The fourth-order valence-electron chi connectivity index (χ4n) is 4.48. The van der Waals surface area contributed by atoms with Crippen molar-refractivity contribution in [3.05, 3.63) is 81.3 Å². The molecule has 1 aliphatic heterocycles. The highest BCUT2D eigenvalue weighted by molar-refractivity contribution is 6.08. The fourth-order valence-corrected chi connectivity index (χ4v) is 4.48. The van der Waals surface area contributed by atoms with Crippen LogP contribution in [-0.4, -0.2) is 16.6 Å². The van der Waals surface area contributed by atoms with Gasteiger partial charge in [-0.2, -0.15) is 0 Å². The second kappa shape index (κ2) is 7.16. The zero-order chi connectivity index (χ0) is 21.6. The second-order valence-corrected chi connectivity index (χ2v) is 8.58. The molecule has 2 aliphatic rings. The maximum atomic E-state index is 13.4. The minimum atomic E-state index is -0.523. The number of hydrogen-bond acceptors (Lipinski definition) is 4. The Morgan fingerprint density at radius 3 is 2.40 bits per heavy atom. The Balaban J connectivity index is 1.93. The summed E-state index contributed by atoms with van der Waals surface area (Å²) >= 11 is 0. The normalized spacial score (nSPS) is 20.9. The largest absolute Gasteiger partial charge is 0.294 e. The van der Waals surface area contributed by atoms with Gasteiger partial charge in [-0.1, -0.05) is 38.1 Å². The van der Waals surface area contributed by atoms with E-state index in [0.717, 1.165) is 0 Å². The monoisotopic (exact) mass is 408 g/mol. The summed E-state index contributed by atoms with van der Waals surface area (Å²) in [6.07, 6.45) is 0.745. The number of Topliss-reactive ketones (excluding diaryl/α,β-unsaturated/α-hetero) is 1. The average Bonchev–Trinajstić information content (AvgIpc) is 2.67. The molecule has 0 saturated carbocycles. The number of amides is 1. The summed E-state index contributed by atoms with van der Waals surface area (Å²) < 4.78 is 13.4. The predicted octanol–water partition coefficient (Wildman–Crippen LogP) is 4.90. The molecule has 4 rings (SSSR count). The molecule has 0 radical (unpaired) electrons. The fraction of sp³-hybridized carbons (Fsp3) is 0.304. The lowest BCUT2D eigenvalue weighted by Gasteiger charge is -2.42. The molecule has 1 heterocycles. The molecule has 6 nitrogen and oxygen atoms in total. The molecular formula is C23H21FN2O4. The van der Waals surface area contributed by atoms with E-state index in [2.05, 4.69) is 0 Å². The zero-order valence-electron chi connectivity index (χ0n) is 16.7. The first-order valence-corrected chi connectivity index (χ1v) is 9.76. The van der Waals surface area contributed by atoms with E-state index in [4.69, 9.17) is 0 Å². The van der Waals surface area contributed by atoms with E-state index in [-0.39, 0.29) is 34.9 Å². The molecule has 1 atom stereocenters. The third-order valence-corrected chi connectivity index (χ3v) is 5.73. The molecule has 0 aromatic heterocycles. The van der Waals surface area contributed by atoms with Crippen LogP contribution in [0.2, 0.25) is 0 Å². The van der Waals surface area contributed by atoms with Crippen LogP contribution in [0.25, 0.3) is 0 Å². The lowest BCUT2D eigenvalue weighted by atomic mass is 9.69. The van der Waals surface area contributed by atoms with Crippen LogP contribution in [0.4, 0.5) is 15.8 Å². The number of rotatable bonds is 3. The van der Waals surface area contributed by atoms with Crippen LogP contribution in [0, 0.1) is 21.3 Å². The number of anilines is 1. The van der Waals surface area contributed by atoms with Crippen molar-refractivity contribution >= 4 is 23.1 Å². The molecule has 0 N–H and O–H groups in total. The van der Waals surface area contributed by atoms with Gasteiger partial charge in [0, 0.05) is 36.1 Å². The van der Waals surface area contributed by atoms with Gasteiger partial charge in [0.15, 0.2) is 5.78 Å². The summed E-state index contributed by atoms with van der Waals surface area (Å²) in [6, 6.07) is 11.9. The summed E-state index contributed by atoms with van der Waals surface area (Å²) in [5.41, 5.74) is 1.29. The predicted molar refractivity (Wildman–Crippen MR) is 109 cm³/mol. The van der Waals surface area contributed by atoms with E-state index >= 15 is 0 Å². The third-order valence-electron chi connectivity index (χ3n) is 5.73. The van der Waals surface area contributed by atoms with E-state index in [9.17, 15) is 24.1 Å². The number of carbonyl (C=O) groups is 2. The zero-order valence-corrected chi connectivity index (χ0v) is 16.7. The maximum absolute atomic E-state index is 13.4. The van der Waals surface area contributed by atoms with Gasteiger partial charge in [0.1, 0.15) is 11.5 Å². The molecule has 154 valence electrons. The van der Waals surface area contributed by atoms with E-state index in [1.807, 2.05) is 13.8 Å². The smallest absolute Gasteiger partial charge is 0.293 e. The third kappa shape index (κ3) is 3.40. The number of allylic oxidation sites excluding steroid dienone is 2. The number of carbonyl (C=O) groups excluding carboxylic acids is 2.